The van der Waals surface area contributed by atoms with E-state index in [1.54, 1.807) is 0 Å². The molecule has 0 aromatic heterocycles. The minimum Gasteiger partial charge on any atom is -0.481 e. The average molecular weight is 339 g/mol. The number of allylic oxidation sites excluding steroid dienone is 2. The van der Waals surface area contributed by atoms with E-state index in [0.717, 1.165) is 19.3 Å². The van der Waals surface area contributed by atoms with E-state index in [9.17, 15) is 9.90 Å². The first-order valence-corrected chi connectivity index (χ1v) is 10.5. The minimum atomic E-state index is -0.610. The predicted octanol–water partition coefficient (Wildman–Crippen LogP) is 7.38. The lowest BCUT2D eigenvalue weighted by atomic mass is 9.92. The van der Waals surface area contributed by atoms with Gasteiger partial charge in [0.05, 0.1) is 5.92 Å². The van der Waals surface area contributed by atoms with Gasteiger partial charge < -0.3 is 5.11 Å². The lowest BCUT2D eigenvalue weighted by Crippen LogP contribution is -2.15. The number of carboxylic acids is 1. The SMILES string of the molecule is CCCCCCCCC=CCCCCCCC(CC(C)C)C(=O)O. The van der Waals surface area contributed by atoms with E-state index in [-0.39, 0.29) is 5.92 Å². The fourth-order valence-corrected chi connectivity index (χ4v) is 3.20. The van der Waals surface area contributed by atoms with E-state index in [0.29, 0.717) is 5.92 Å². The van der Waals surface area contributed by atoms with Crippen LogP contribution in [-0.2, 0) is 4.79 Å². The molecule has 0 fully saturated rings. The van der Waals surface area contributed by atoms with Gasteiger partial charge in [-0.3, -0.25) is 4.79 Å². The molecule has 1 N–H and O–H groups in total. The van der Waals surface area contributed by atoms with Crippen LogP contribution in [0.15, 0.2) is 12.2 Å². The van der Waals surface area contributed by atoms with Crippen LogP contribution < -0.4 is 0 Å². The molecule has 0 aliphatic heterocycles. The number of carboxylic acid groups (broad SMARTS) is 1. The topological polar surface area (TPSA) is 37.3 Å². The van der Waals surface area contributed by atoms with Gasteiger partial charge in [-0.05, 0) is 44.4 Å². The molecule has 1 atom stereocenters. The van der Waals surface area contributed by atoms with Crippen molar-refractivity contribution in [3.8, 4) is 0 Å². The summed E-state index contributed by atoms with van der Waals surface area (Å²) in [5.41, 5.74) is 0. The van der Waals surface area contributed by atoms with Crippen LogP contribution >= 0.6 is 0 Å². The maximum atomic E-state index is 11.2. The Hall–Kier alpha value is -0.790. The van der Waals surface area contributed by atoms with Gasteiger partial charge >= 0.3 is 5.97 Å². The van der Waals surface area contributed by atoms with Crippen molar-refractivity contribution < 1.29 is 9.90 Å². The molecule has 0 amide bonds. The molecule has 0 radical (unpaired) electrons. The molecule has 1 unspecified atom stereocenters. The number of hydrogen-bond acceptors (Lipinski definition) is 1. The maximum Gasteiger partial charge on any atom is 0.306 e. The third-order valence-electron chi connectivity index (χ3n) is 4.67. The summed E-state index contributed by atoms with van der Waals surface area (Å²) < 4.78 is 0. The van der Waals surface area contributed by atoms with E-state index in [4.69, 9.17) is 0 Å². The van der Waals surface area contributed by atoms with Crippen molar-refractivity contribution in [2.24, 2.45) is 11.8 Å². The molecule has 0 saturated heterocycles. The van der Waals surface area contributed by atoms with Crippen molar-refractivity contribution >= 4 is 5.97 Å². The Morgan fingerprint density at radius 3 is 1.83 bits per heavy atom. The number of rotatable bonds is 17. The smallest absolute Gasteiger partial charge is 0.306 e. The van der Waals surface area contributed by atoms with Crippen LogP contribution in [-0.4, -0.2) is 11.1 Å². The molecule has 0 bridgehead atoms. The largest absolute Gasteiger partial charge is 0.481 e. The Bertz CT molecular complexity index is 307. The molecule has 0 heterocycles. The Morgan fingerprint density at radius 1 is 0.833 bits per heavy atom. The first-order valence-electron chi connectivity index (χ1n) is 10.5. The summed E-state index contributed by atoms with van der Waals surface area (Å²) in [4.78, 5) is 11.2. The number of aliphatic carboxylic acids is 1. The van der Waals surface area contributed by atoms with Crippen LogP contribution in [0.3, 0.4) is 0 Å². The van der Waals surface area contributed by atoms with Crippen LogP contribution in [0.1, 0.15) is 111 Å². The Balaban J connectivity index is 3.40. The van der Waals surface area contributed by atoms with Crippen LogP contribution in [0.2, 0.25) is 0 Å². The Morgan fingerprint density at radius 2 is 1.33 bits per heavy atom. The molecule has 0 aliphatic carbocycles. The summed E-state index contributed by atoms with van der Waals surface area (Å²) >= 11 is 0. The van der Waals surface area contributed by atoms with Gasteiger partial charge in [-0.1, -0.05) is 84.3 Å². The summed E-state index contributed by atoms with van der Waals surface area (Å²) in [6.45, 7) is 6.47. The van der Waals surface area contributed by atoms with Crippen molar-refractivity contribution in [3.63, 3.8) is 0 Å². The summed E-state index contributed by atoms with van der Waals surface area (Å²) in [7, 11) is 0. The molecule has 0 saturated carbocycles. The minimum absolute atomic E-state index is 0.137. The van der Waals surface area contributed by atoms with Crippen LogP contribution in [0.25, 0.3) is 0 Å². The monoisotopic (exact) mass is 338 g/mol. The first kappa shape index (κ1) is 23.2. The number of unbranched alkanes of at least 4 members (excludes halogenated alkanes) is 10. The highest BCUT2D eigenvalue weighted by molar-refractivity contribution is 5.69. The van der Waals surface area contributed by atoms with E-state index in [2.05, 4.69) is 32.9 Å². The second-order valence-electron chi connectivity index (χ2n) is 7.68. The van der Waals surface area contributed by atoms with Crippen molar-refractivity contribution in [3.05, 3.63) is 12.2 Å². The quantitative estimate of drug-likeness (QED) is 0.222. The molecule has 24 heavy (non-hydrogen) atoms. The molecule has 0 rings (SSSR count). The van der Waals surface area contributed by atoms with Crippen LogP contribution in [0.5, 0.6) is 0 Å². The lowest BCUT2D eigenvalue weighted by Gasteiger charge is -2.14. The van der Waals surface area contributed by atoms with Crippen LogP contribution in [0.4, 0.5) is 0 Å². The highest BCUT2D eigenvalue weighted by atomic mass is 16.4. The summed E-state index contributed by atoms with van der Waals surface area (Å²) in [6.07, 6.45) is 21.7. The molecule has 0 spiro atoms. The van der Waals surface area contributed by atoms with Crippen LogP contribution in [0, 0.1) is 11.8 Å². The summed E-state index contributed by atoms with van der Waals surface area (Å²) in [5, 5.41) is 9.22. The van der Waals surface area contributed by atoms with Gasteiger partial charge in [-0.25, -0.2) is 0 Å². The summed E-state index contributed by atoms with van der Waals surface area (Å²) in [5.74, 6) is -0.272. The van der Waals surface area contributed by atoms with Gasteiger partial charge in [0.25, 0.3) is 0 Å². The van der Waals surface area contributed by atoms with Gasteiger partial charge in [-0.15, -0.1) is 0 Å². The first-order chi connectivity index (χ1) is 11.6. The standard InChI is InChI=1S/C22H42O2/c1-4-5-6-7-8-9-10-11-12-13-14-15-16-17-18-21(22(23)24)19-20(2)3/h11-12,20-21H,4-10,13-19H2,1-3H3,(H,23,24). The van der Waals surface area contributed by atoms with Crippen molar-refractivity contribution in [1.82, 2.24) is 0 Å². The number of carbonyl (C=O) groups is 1. The van der Waals surface area contributed by atoms with Crippen molar-refractivity contribution in [2.75, 3.05) is 0 Å². The molecular weight excluding hydrogens is 296 g/mol. The Labute approximate surface area is 151 Å². The third-order valence-corrected chi connectivity index (χ3v) is 4.67. The van der Waals surface area contributed by atoms with Gasteiger partial charge in [0.1, 0.15) is 0 Å². The second kappa shape index (κ2) is 17.0. The zero-order valence-electron chi connectivity index (χ0n) is 16.6. The molecule has 0 aromatic rings. The van der Waals surface area contributed by atoms with E-state index < -0.39 is 5.97 Å². The van der Waals surface area contributed by atoms with E-state index in [1.165, 1.54) is 70.6 Å². The summed E-state index contributed by atoms with van der Waals surface area (Å²) in [6, 6.07) is 0. The second-order valence-corrected chi connectivity index (χ2v) is 7.68. The zero-order valence-corrected chi connectivity index (χ0v) is 16.6. The number of hydrogen-bond donors (Lipinski definition) is 1. The highest BCUT2D eigenvalue weighted by Crippen LogP contribution is 2.19. The molecule has 2 heteroatoms. The fourth-order valence-electron chi connectivity index (χ4n) is 3.20. The molecule has 0 aromatic carbocycles. The fraction of sp³-hybridized carbons (Fsp3) is 0.864. The average Bonchev–Trinajstić information content (AvgIpc) is 2.53. The molecule has 0 aliphatic rings. The highest BCUT2D eigenvalue weighted by Gasteiger charge is 2.17. The lowest BCUT2D eigenvalue weighted by molar-refractivity contribution is -0.142. The van der Waals surface area contributed by atoms with Crippen molar-refractivity contribution in [2.45, 2.75) is 111 Å². The van der Waals surface area contributed by atoms with E-state index in [1.807, 2.05) is 0 Å². The zero-order chi connectivity index (χ0) is 18.0. The third kappa shape index (κ3) is 16.1. The molecular formula is C22H42O2. The van der Waals surface area contributed by atoms with Gasteiger partial charge in [-0.2, -0.15) is 0 Å². The normalized spacial score (nSPS) is 13.0. The van der Waals surface area contributed by atoms with Gasteiger partial charge in [0.15, 0.2) is 0 Å². The van der Waals surface area contributed by atoms with Gasteiger partial charge in [0.2, 0.25) is 0 Å². The molecule has 142 valence electrons. The van der Waals surface area contributed by atoms with Gasteiger partial charge in [0, 0.05) is 0 Å². The molecule has 2 nitrogen and oxygen atoms in total. The maximum absolute atomic E-state index is 11.2. The van der Waals surface area contributed by atoms with E-state index >= 15 is 0 Å². The Kier molecular flexibility index (Phi) is 16.5. The predicted molar refractivity (Wildman–Crippen MR) is 105 cm³/mol. The van der Waals surface area contributed by atoms with Crippen molar-refractivity contribution in [1.29, 1.82) is 0 Å².